The molecule has 0 aliphatic heterocycles. The number of hydrogen-bond donors (Lipinski definition) is 12. The molecular formula is C81H152N18O24. The van der Waals surface area contributed by atoms with E-state index in [1.54, 1.807) is 6.92 Å². The van der Waals surface area contributed by atoms with Gasteiger partial charge in [-0.2, -0.15) is 0 Å². The highest BCUT2D eigenvalue weighted by atomic mass is 16.6. The van der Waals surface area contributed by atoms with Gasteiger partial charge < -0.3 is 136 Å². The molecule has 42 nitrogen and oxygen atoms in total. The Morgan fingerprint density at radius 3 is 0.463 bits per heavy atom. The quantitative estimate of drug-likeness (QED) is 0.0233. The smallest absolute Gasteiger partial charge is 0.407 e. The summed E-state index contributed by atoms with van der Waals surface area (Å²) in [6.45, 7) is 18.3. The third-order valence-corrected chi connectivity index (χ3v) is 19.3. The van der Waals surface area contributed by atoms with Crippen LogP contribution in [0.2, 0.25) is 0 Å². The van der Waals surface area contributed by atoms with Crippen molar-refractivity contribution in [3.63, 3.8) is 0 Å². The summed E-state index contributed by atoms with van der Waals surface area (Å²) in [5, 5.41) is 32.5. The molecule has 0 fully saturated rings. The van der Waals surface area contributed by atoms with Gasteiger partial charge in [-0.1, -0.05) is 6.92 Å². The van der Waals surface area contributed by atoms with Crippen LogP contribution in [0.15, 0.2) is 0 Å². The molecule has 0 saturated heterocycles. The van der Waals surface area contributed by atoms with Crippen LogP contribution >= 0.6 is 0 Å². The van der Waals surface area contributed by atoms with Crippen molar-refractivity contribution in [2.24, 2.45) is 21.7 Å². The molecule has 710 valence electrons. The summed E-state index contributed by atoms with van der Waals surface area (Å²) in [6, 6.07) is 0. The fraction of sp³-hybridized carbons (Fsp3) is 0.815. The van der Waals surface area contributed by atoms with E-state index in [1.165, 1.54) is 62.3 Å². The first-order valence-corrected chi connectivity index (χ1v) is 42.7. The predicted molar refractivity (Wildman–Crippen MR) is 459 cm³/mol. The number of carbonyl (C=O) groups is 15. The summed E-state index contributed by atoms with van der Waals surface area (Å²) >= 11 is 0. The Balaban J connectivity index is 7.78. The Kier molecular flexibility index (Phi) is 62.0. The molecule has 0 saturated carbocycles. The molecule has 0 spiro atoms. The van der Waals surface area contributed by atoms with E-state index in [2.05, 4.69) is 63.8 Å². The molecule has 0 aromatic heterocycles. The van der Waals surface area contributed by atoms with Gasteiger partial charge in [0, 0.05) is 120 Å². The molecule has 0 atom stereocenters. The van der Waals surface area contributed by atoms with Gasteiger partial charge in [-0.15, -0.1) is 0 Å². The fourth-order valence-corrected chi connectivity index (χ4v) is 11.3. The highest BCUT2D eigenvalue weighted by Gasteiger charge is 2.46. The van der Waals surface area contributed by atoms with Gasteiger partial charge in [0.2, 0.25) is 35.4 Å². The highest BCUT2D eigenvalue weighted by Crippen LogP contribution is 2.31. The third-order valence-electron chi connectivity index (χ3n) is 19.3. The van der Waals surface area contributed by atoms with Crippen LogP contribution in [0, 0.1) is 21.7 Å². The molecule has 0 aromatic carbocycles. The number of hydrogen-bond acceptors (Lipinski definition) is 30. The predicted octanol–water partition coefficient (Wildman–Crippen LogP) is 1.48. The van der Waals surface area contributed by atoms with E-state index in [1.807, 2.05) is 71.7 Å². The minimum atomic E-state index is -2.00. The third kappa shape index (κ3) is 61.6. The summed E-state index contributed by atoms with van der Waals surface area (Å²) in [5.41, 5.74) is -7.80. The number of rotatable bonds is 70. The van der Waals surface area contributed by atoms with Crippen molar-refractivity contribution >= 4 is 89.9 Å². The summed E-state index contributed by atoms with van der Waals surface area (Å²) in [4.78, 5) is 206. The Hall–Kier alpha value is -9.39. The molecule has 123 heavy (non-hydrogen) atoms. The van der Waals surface area contributed by atoms with E-state index in [-0.39, 0.29) is 81.1 Å². The van der Waals surface area contributed by atoms with E-state index >= 15 is 14.4 Å². The van der Waals surface area contributed by atoms with Crippen LogP contribution in [0.3, 0.4) is 0 Å². The van der Waals surface area contributed by atoms with Crippen molar-refractivity contribution in [3.8, 4) is 0 Å². The highest BCUT2D eigenvalue weighted by molar-refractivity contribution is 5.81. The fourth-order valence-electron chi connectivity index (χ4n) is 11.3. The second-order valence-corrected chi connectivity index (χ2v) is 32.2. The van der Waals surface area contributed by atoms with Crippen molar-refractivity contribution in [1.82, 2.24) is 93.2 Å². The van der Waals surface area contributed by atoms with Gasteiger partial charge in [0.25, 0.3) is 0 Å². The molecule has 0 aliphatic carbocycles. The standard InChI is InChI=1S/C81H152N18O24/c1-17-81(60-115-69(106)78(8,54-118-72(109)88-36-24-48-94(11)42-18-30-82-63(2)100)55-119-73(110)89-37-25-49-95(12)43-19-31-83-64(3)101,61-116-70(107)79(9,56-120-74(111)90-38-26-50-96(13)44-20-32-84-65(4)102)57-121-75(112)91-39-27-51-97(14)45-21-33-85-66(5)103)62-117-71(108)80(10,58-122-76(113)92-40-28-52-98(15)46-22-34-86-67(6)104)59-123-77(114)93-41-29-53-99(16)47-23-35-87-68(7)105/h17-62H2,1-16H3,(H,82,100)(H,83,101)(H,84,102)(H,85,103)(H,86,104)(H,87,105)(H,88,109)(H,89,110)(H,90,111)(H,91,112)(H,92,113)(H,93,114). The van der Waals surface area contributed by atoms with Crippen LogP contribution in [0.4, 0.5) is 28.8 Å². The second-order valence-electron chi connectivity index (χ2n) is 32.2. The van der Waals surface area contributed by atoms with Crippen LogP contribution in [-0.4, -0.2) is 378 Å². The van der Waals surface area contributed by atoms with Gasteiger partial charge in [-0.25, -0.2) is 28.8 Å². The average Bonchev–Trinajstić information content (AvgIpc) is 0.819. The molecule has 0 rings (SSSR count). The lowest BCUT2D eigenvalue weighted by Crippen LogP contribution is -2.48. The topological polar surface area (TPSA) is 503 Å². The minimum absolute atomic E-state index is 0.140. The molecule has 0 radical (unpaired) electrons. The number of ether oxygens (including phenoxy) is 9. The number of nitrogens with one attached hydrogen (secondary N) is 12. The van der Waals surface area contributed by atoms with Crippen LogP contribution in [0.5, 0.6) is 0 Å². The van der Waals surface area contributed by atoms with E-state index in [4.69, 9.17) is 42.6 Å². The zero-order chi connectivity index (χ0) is 92.5. The van der Waals surface area contributed by atoms with Crippen molar-refractivity contribution in [2.45, 2.75) is 153 Å². The van der Waals surface area contributed by atoms with Gasteiger partial charge in [0.05, 0.1) is 5.41 Å². The van der Waals surface area contributed by atoms with Crippen molar-refractivity contribution in [3.05, 3.63) is 0 Å². The van der Waals surface area contributed by atoms with E-state index < -0.39 is 136 Å². The maximum Gasteiger partial charge on any atom is 0.407 e. The molecule has 0 aliphatic rings. The summed E-state index contributed by atoms with van der Waals surface area (Å²) in [6.07, 6.45) is 1.16. The zero-order valence-electron chi connectivity index (χ0n) is 76.5. The van der Waals surface area contributed by atoms with Crippen molar-refractivity contribution in [1.29, 1.82) is 0 Å². The van der Waals surface area contributed by atoms with Crippen LogP contribution in [-0.2, 0) is 85.8 Å². The molecule has 12 N–H and O–H groups in total. The second kappa shape index (κ2) is 67.1. The molecule has 12 amide bonds. The molecule has 0 unspecified atom stereocenters. The van der Waals surface area contributed by atoms with Gasteiger partial charge in [0.1, 0.15) is 75.7 Å². The monoisotopic (exact) mass is 1760 g/mol. The average molecular weight is 1760 g/mol. The number of nitrogens with zero attached hydrogens (tertiary/aromatic N) is 6. The minimum Gasteiger partial charge on any atom is -0.464 e. The number of alkyl carbamates (subject to hydrolysis) is 6. The first-order valence-electron chi connectivity index (χ1n) is 42.7. The lowest BCUT2D eigenvalue weighted by molar-refractivity contribution is -0.179. The van der Waals surface area contributed by atoms with Crippen molar-refractivity contribution in [2.75, 3.05) is 259 Å². The lowest BCUT2D eigenvalue weighted by Gasteiger charge is -2.35. The Bertz CT molecular complexity index is 2660. The lowest BCUT2D eigenvalue weighted by atomic mass is 9.86. The van der Waals surface area contributed by atoms with E-state index in [9.17, 15) is 57.5 Å². The van der Waals surface area contributed by atoms with Gasteiger partial charge >= 0.3 is 54.5 Å². The van der Waals surface area contributed by atoms with Gasteiger partial charge in [-0.3, -0.25) is 43.2 Å². The summed E-state index contributed by atoms with van der Waals surface area (Å²) in [7, 11) is 11.3. The number of esters is 3. The molecular weight excluding hydrogens is 1610 g/mol. The van der Waals surface area contributed by atoms with Gasteiger partial charge in [-0.05, 0) is 225 Å². The molecule has 0 heterocycles. The van der Waals surface area contributed by atoms with Crippen molar-refractivity contribution < 1.29 is 115 Å². The Morgan fingerprint density at radius 2 is 0.341 bits per heavy atom. The number of amides is 12. The number of carbonyl (C=O) groups excluding carboxylic acids is 15. The Labute approximate surface area is 728 Å². The maximum atomic E-state index is 15.0. The van der Waals surface area contributed by atoms with Gasteiger partial charge in [0.15, 0.2) is 0 Å². The summed E-state index contributed by atoms with van der Waals surface area (Å²) < 4.78 is 52.2. The van der Waals surface area contributed by atoms with Crippen LogP contribution in [0.1, 0.15) is 153 Å². The first kappa shape index (κ1) is 114. The molecule has 0 aromatic rings. The van der Waals surface area contributed by atoms with Crippen LogP contribution in [0.25, 0.3) is 0 Å². The Morgan fingerprint density at radius 1 is 0.211 bits per heavy atom. The van der Waals surface area contributed by atoms with E-state index in [0.717, 1.165) is 0 Å². The molecule has 0 bridgehead atoms. The SMILES string of the molecule is CCC(COC(=O)C(C)(COC(=O)NCCCN(C)CCCNC(C)=O)COC(=O)NCCCN(C)CCCNC(C)=O)(COC(=O)C(C)(COC(=O)NCCCN(C)CCCNC(C)=O)COC(=O)NCCCN(C)CCCNC(C)=O)COC(=O)C(C)(COC(=O)NCCCN(C)CCCNC(C)=O)COC(=O)NCCCN(C)CCCNC(C)=O. The largest absolute Gasteiger partial charge is 0.464 e. The first-order chi connectivity index (χ1) is 58.2. The maximum absolute atomic E-state index is 15.0. The van der Waals surface area contributed by atoms with Crippen LogP contribution < -0.4 is 63.8 Å². The molecule has 42 heteroatoms. The van der Waals surface area contributed by atoms with E-state index in [0.29, 0.717) is 195 Å². The zero-order valence-corrected chi connectivity index (χ0v) is 76.5. The summed E-state index contributed by atoms with van der Waals surface area (Å²) in [5.74, 6) is -4.24. The normalized spacial score (nSPS) is 11.6.